The van der Waals surface area contributed by atoms with Crippen LogP contribution in [0.4, 0.5) is 0 Å². The van der Waals surface area contributed by atoms with Crippen molar-refractivity contribution in [3.8, 4) is 44.5 Å². The average Bonchev–Trinajstić information content (AvgIpc) is 4.01. The fourth-order valence-electron chi connectivity index (χ4n) is 7.06. The van der Waals surface area contributed by atoms with Crippen molar-refractivity contribution in [3.63, 3.8) is 0 Å². The Morgan fingerprint density at radius 2 is 0.720 bits per heavy atom. The summed E-state index contributed by atoms with van der Waals surface area (Å²) < 4.78 is 0. The number of hydrogen-bond acceptors (Lipinski definition) is 3. The Bertz CT molecular complexity index is 2580. The van der Waals surface area contributed by atoms with Gasteiger partial charge in [0.1, 0.15) is 0 Å². The van der Waals surface area contributed by atoms with Gasteiger partial charge >= 0.3 is 0 Å². The quantitative estimate of drug-likeness (QED) is 0.174. The van der Waals surface area contributed by atoms with Gasteiger partial charge in [0.25, 0.3) is 0 Å². The van der Waals surface area contributed by atoms with Gasteiger partial charge in [-0.1, -0.05) is 109 Å². The molecule has 3 N–H and O–H groups in total. The van der Waals surface area contributed by atoms with Gasteiger partial charge in [0, 0.05) is 44.3 Å². The summed E-state index contributed by atoms with van der Waals surface area (Å²) in [5.74, 6) is 0. The number of aromatic amines is 2. The highest BCUT2D eigenvalue weighted by Gasteiger charge is 2.18. The zero-order valence-electron chi connectivity index (χ0n) is 27.1. The zero-order valence-corrected chi connectivity index (χ0v) is 27.1. The molecule has 3 aromatic heterocycles. The lowest BCUT2D eigenvalue weighted by Crippen LogP contribution is -1.90. The Balaban J connectivity index is 1.48. The van der Waals surface area contributed by atoms with Crippen LogP contribution in [0.15, 0.2) is 140 Å². The van der Waals surface area contributed by atoms with Gasteiger partial charge in [-0.25, -0.2) is 9.97 Å². The van der Waals surface area contributed by atoms with Crippen molar-refractivity contribution in [2.24, 2.45) is 0 Å². The molecule has 0 saturated heterocycles. The van der Waals surface area contributed by atoms with E-state index in [4.69, 9.17) is 9.97 Å². The molecule has 8 bridgehead atoms. The van der Waals surface area contributed by atoms with Gasteiger partial charge in [0.05, 0.1) is 29.4 Å². The molecular formula is C45H32N4O. The standard InChI is InChI=1S/C45H32N4O/c50-28-29-11-10-18-33(27-29)45-40-25-23-38(48-40)43(31-14-6-2-7-15-31)36-21-19-34(46-36)42(30-12-4-1-5-13-30)35-20-22-37(47-35)44(32-16-8-3-9-17-32)39-24-26-41(45)49-39/h1-27,46,49-50H,28H2. The van der Waals surface area contributed by atoms with Gasteiger partial charge in [-0.3, -0.25) is 0 Å². The number of benzene rings is 4. The second kappa shape index (κ2) is 12.5. The summed E-state index contributed by atoms with van der Waals surface area (Å²) in [7, 11) is 0. The van der Waals surface area contributed by atoms with E-state index in [0.717, 1.165) is 94.9 Å². The molecule has 0 aliphatic carbocycles. The number of hydrogen-bond donors (Lipinski definition) is 3. The first-order chi connectivity index (χ1) is 24.7. The minimum atomic E-state index is -0.0449. The maximum absolute atomic E-state index is 10.1. The predicted molar refractivity (Wildman–Crippen MR) is 207 cm³/mol. The van der Waals surface area contributed by atoms with E-state index in [1.54, 1.807) is 0 Å². The molecule has 9 rings (SSSR count). The van der Waals surface area contributed by atoms with Crippen LogP contribution in [0.2, 0.25) is 0 Å². The molecular weight excluding hydrogens is 613 g/mol. The second-order valence-corrected chi connectivity index (χ2v) is 12.5. The average molecular weight is 645 g/mol. The molecule has 0 radical (unpaired) electrons. The normalized spacial score (nSPS) is 12.0. The largest absolute Gasteiger partial charge is 0.392 e. The summed E-state index contributed by atoms with van der Waals surface area (Å²) in [5.41, 5.74) is 16.3. The van der Waals surface area contributed by atoms with Crippen LogP contribution in [0.3, 0.4) is 0 Å². The summed E-state index contributed by atoms with van der Waals surface area (Å²) >= 11 is 0. The maximum Gasteiger partial charge on any atom is 0.0737 e. The van der Waals surface area contributed by atoms with Crippen molar-refractivity contribution < 1.29 is 5.11 Å². The molecule has 4 aromatic carbocycles. The summed E-state index contributed by atoms with van der Waals surface area (Å²) in [6.45, 7) is -0.0449. The third-order valence-electron chi connectivity index (χ3n) is 9.34. The minimum absolute atomic E-state index is 0.0449. The van der Waals surface area contributed by atoms with Crippen molar-refractivity contribution in [3.05, 3.63) is 168 Å². The van der Waals surface area contributed by atoms with Crippen LogP contribution in [0, 0.1) is 0 Å². The molecule has 0 fully saturated rings. The molecule has 0 spiro atoms. The summed E-state index contributed by atoms with van der Waals surface area (Å²) in [6.07, 6.45) is 8.43. The Morgan fingerprint density at radius 3 is 1.08 bits per heavy atom. The van der Waals surface area contributed by atoms with Gasteiger partial charge in [-0.15, -0.1) is 0 Å². The SMILES string of the molecule is OCc1cccc(-c2c3nc(c(-c4ccccc4)c4ccc([nH]4)c(-c4ccccc4)c4nc(c(-c5ccccc5)c5ccc2[nH]5)C=C4)C=C3)c1. The fraction of sp³-hybridized carbons (Fsp3) is 0.0222. The van der Waals surface area contributed by atoms with Crippen molar-refractivity contribution in [2.45, 2.75) is 6.61 Å². The number of H-pyrrole nitrogens is 2. The first kappa shape index (κ1) is 29.6. The van der Waals surface area contributed by atoms with Crippen molar-refractivity contribution in [1.82, 2.24) is 19.9 Å². The fourth-order valence-corrected chi connectivity index (χ4v) is 7.06. The Hall–Kier alpha value is -6.56. The highest BCUT2D eigenvalue weighted by molar-refractivity contribution is 5.99. The van der Waals surface area contributed by atoms with E-state index < -0.39 is 0 Å². The molecule has 5 heterocycles. The number of rotatable bonds is 5. The van der Waals surface area contributed by atoms with Crippen LogP contribution < -0.4 is 0 Å². The zero-order chi connectivity index (χ0) is 33.4. The van der Waals surface area contributed by atoms with Gasteiger partial charge in [0.15, 0.2) is 0 Å². The molecule has 5 nitrogen and oxygen atoms in total. The molecule has 2 aliphatic rings. The molecule has 238 valence electrons. The van der Waals surface area contributed by atoms with E-state index in [-0.39, 0.29) is 6.61 Å². The topological polar surface area (TPSA) is 77.6 Å². The molecule has 0 amide bonds. The summed E-state index contributed by atoms with van der Waals surface area (Å²) in [5, 5.41) is 10.1. The number of nitrogens with zero attached hydrogens (tertiary/aromatic N) is 2. The minimum Gasteiger partial charge on any atom is -0.392 e. The molecule has 0 saturated carbocycles. The van der Waals surface area contributed by atoms with Crippen LogP contribution in [0.1, 0.15) is 28.3 Å². The number of aliphatic hydroxyl groups excluding tert-OH is 1. The summed E-state index contributed by atoms with van der Waals surface area (Å²) in [6, 6.07) is 47.9. The van der Waals surface area contributed by atoms with E-state index in [0.29, 0.717) is 0 Å². The van der Waals surface area contributed by atoms with Crippen molar-refractivity contribution >= 4 is 46.4 Å². The highest BCUT2D eigenvalue weighted by Crippen LogP contribution is 2.38. The lowest BCUT2D eigenvalue weighted by molar-refractivity contribution is 0.282. The van der Waals surface area contributed by atoms with E-state index >= 15 is 0 Å². The highest BCUT2D eigenvalue weighted by atomic mass is 16.3. The number of fused-ring (bicyclic) bond motifs is 8. The predicted octanol–water partition coefficient (Wildman–Crippen LogP) is 10.8. The molecule has 0 atom stereocenters. The van der Waals surface area contributed by atoms with Crippen LogP contribution >= 0.6 is 0 Å². The first-order valence-electron chi connectivity index (χ1n) is 16.8. The first-order valence-corrected chi connectivity index (χ1v) is 16.8. The van der Waals surface area contributed by atoms with Gasteiger partial charge in [-0.2, -0.15) is 0 Å². The lowest BCUT2D eigenvalue weighted by atomic mass is 10.0. The van der Waals surface area contributed by atoms with E-state index in [9.17, 15) is 5.11 Å². The van der Waals surface area contributed by atoms with E-state index in [1.807, 2.05) is 36.4 Å². The molecule has 0 unspecified atom stereocenters. The van der Waals surface area contributed by atoms with Gasteiger partial charge < -0.3 is 15.1 Å². The van der Waals surface area contributed by atoms with Gasteiger partial charge in [-0.05, 0) is 82.5 Å². The van der Waals surface area contributed by atoms with Crippen LogP contribution in [-0.4, -0.2) is 25.0 Å². The lowest BCUT2D eigenvalue weighted by Gasteiger charge is -2.07. The Labute approximate surface area is 289 Å². The third-order valence-corrected chi connectivity index (χ3v) is 9.34. The smallest absolute Gasteiger partial charge is 0.0737 e. The molecule has 2 aliphatic heterocycles. The third kappa shape index (κ3) is 5.27. The molecule has 5 heteroatoms. The summed E-state index contributed by atoms with van der Waals surface area (Å²) in [4.78, 5) is 18.3. The van der Waals surface area contributed by atoms with Gasteiger partial charge in [0.2, 0.25) is 0 Å². The second-order valence-electron chi connectivity index (χ2n) is 12.5. The molecule has 50 heavy (non-hydrogen) atoms. The van der Waals surface area contributed by atoms with Crippen LogP contribution in [0.5, 0.6) is 0 Å². The number of nitrogens with one attached hydrogen (secondary N) is 2. The Morgan fingerprint density at radius 1 is 0.380 bits per heavy atom. The number of aliphatic hydroxyl groups is 1. The van der Waals surface area contributed by atoms with E-state index in [2.05, 4.69) is 137 Å². The number of aromatic nitrogens is 4. The van der Waals surface area contributed by atoms with Crippen molar-refractivity contribution in [2.75, 3.05) is 0 Å². The molecule has 7 aromatic rings. The van der Waals surface area contributed by atoms with Crippen LogP contribution in [0.25, 0.3) is 90.9 Å². The van der Waals surface area contributed by atoms with E-state index in [1.165, 1.54) is 0 Å². The van der Waals surface area contributed by atoms with Crippen LogP contribution in [-0.2, 0) is 6.61 Å². The maximum atomic E-state index is 10.1. The monoisotopic (exact) mass is 644 g/mol. The van der Waals surface area contributed by atoms with Crippen molar-refractivity contribution in [1.29, 1.82) is 0 Å². The Kier molecular flexibility index (Phi) is 7.38.